The van der Waals surface area contributed by atoms with Crippen LogP contribution < -0.4 is 5.32 Å². The fraction of sp³-hybridized carbons (Fsp3) is 0.417. The molecule has 0 spiro atoms. The van der Waals surface area contributed by atoms with Crippen molar-refractivity contribution in [1.82, 2.24) is 25.1 Å². The van der Waals surface area contributed by atoms with E-state index < -0.39 is 47.9 Å². The van der Waals surface area contributed by atoms with Gasteiger partial charge in [0.15, 0.2) is 0 Å². The summed E-state index contributed by atoms with van der Waals surface area (Å²) >= 11 is 0. The topological polar surface area (TPSA) is 162 Å². The lowest BCUT2D eigenvalue weighted by Gasteiger charge is -2.29. The SMILES string of the molecule is O=C(O)[C@@H]1CCCN1C(=O)[C@H](Cc1cnc[nH]1)NC(=O)[C@@H]1CCC(=O)N1C(=O)OCc1ccccc1. The summed E-state index contributed by atoms with van der Waals surface area (Å²) in [4.78, 5) is 72.1. The molecule has 3 heterocycles. The molecule has 2 fully saturated rings. The number of ether oxygens (including phenoxy) is 1. The first-order valence-electron chi connectivity index (χ1n) is 11.7. The molecule has 0 bridgehead atoms. The van der Waals surface area contributed by atoms with Gasteiger partial charge in [0, 0.05) is 31.3 Å². The number of carbonyl (C=O) groups is 5. The Morgan fingerprint density at radius 1 is 1.17 bits per heavy atom. The Morgan fingerprint density at radius 3 is 2.64 bits per heavy atom. The maximum atomic E-state index is 13.3. The third kappa shape index (κ3) is 5.53. The molecule has 0 radical (unpaired) electrons. The molecule has 4 amide bonds. The molecule has 4 rings (SSSR count). The van der Waals surface area contributed by atoms with Crippen molar-refractivity contribution < 1.29 is 33.8 Å². The molecule has 3 atom stereocenters. The molecule has 2 saturated heterocycles. The van der Waals surface area contributed by atoms with Gasteiger partial charge in [-0.2, -0.15) is 0 Å². The van der Waals surface area contributed by atoms with E-state index in [0.717, 1.165) is 10.5 Å². The summed E-state index contributed by atoms with van der Waals surface area (Å²) in [6.45, 7) is 0.190. The van der Waals surface area contributed by atoms with Crippen LogP contribution in [-0.2, 0) is 36.9 Å². The maximum Gasteiger partial charge on any atom is 0.417 e. The Bertz CT molecular complexity index is 1120. The fourth-order valence-electron chi connectivity index (χ4n) is 4.52. The first-order valence-corrected chi connectivity index (χ1v) is 11.7. The van der Waals surface area contributed by atoms with Gasteiger partial charge in [-0.1, -0.05) is 30.3 Å². The first kappa shape index (κ1) is 24.9. The van der Waals surface area contributed by atoms with Crippen molar-refractivity contribution in [3.8, 4) is 0 Å². The highest BCUT2D eigenvalue weighted by Gasteiger charge is 2.43. The van der Waals surface area contributed by atoms with E-state index in [1.54, 1.807) is 24.3 Å². The number of likely N-dealkylation sites (tertiary alicyclic amines) is 2. The Morgan fingerprint density at radius 2 is 1.94 bits per heavy atom. The largest absolute Gasteiger partial charge is 0.480 e. The number of rotatable bonds is 8. The molecule has 36 heavy (non-hydrogen) atoms. The van der Waals surface area contributed by atoms with Crippen molar-refractivity contribution in [1.29, 1.82) is 0 Å². The lowest BCUT2D eigenvalue weighted by Crippen LogP contribution is -2.56. The van der Waals surface area contributed by atoms with Crippen molar-refractivity contribution >= 4 is 29.8 Å². The minimum atomic E-state index is -1.15. The zero-order chi connectivity index (χ0) is 25.7. The number of nitrogens with one attached hydrogen (secondary N) is 2. The van der Waals surface area contributed by atoms with E-state index in [4.69, 9.17) is 4.74 Å². The minimum absolute atomic E-state index is 0.0229. The molecular formula is C24H27N5O7. The molecule has 2 aliphatic heterocycles. The summed E-state index contributed by atoms with van der Waals surface area (Å²) in [7, 11) is 0. The van der Waals surface area contributed by atoms with Gasteiger partial charge in [-0.15, -0.1) is 0 Å². The van der Waals surface area contributed by atoms with Gasteiger partial charge in [-0.25, -0.2) is 19.5 Å². The van der Waals surface area contributed by atoms with Gasteiger partial charge < -0.3 is 25.0 Å². The molecule has 2 aliphatic rings. The number of benzene rings is 1. The standard InChI is InChI=1S/C24H27N5O7/c30-20-9-8-18(29(20)24(35)36-13-15-5-2-1-3-6-15)21(31)27-17(11-16-12-25-14-26-16)22(32)28-10-4-7-19(28)23(33)34/h1-3,5-6,12,14,17-19H,4,7-11,13H2,(H,25,26)(H,27,31)(H,33,34)/t17-,18-,19-/m0/s1. The third-order valence-corrected chi connectivity index (χ3v) is 6.33. The second kappa shape index (κ2) is 11.0. The number of H-pyrrole nitrogens is 1. The summed E-state index contributed by atoms with van der Waals surface area (Å²) in [5.74, 6) is -2.90. The fourth-order valence-corrected chi connectivity index (χ4v) is 4.52. The molecule has 0 unspecified atom stereocenters. The monoisotopic (exact) mass is 497 g/mol. The van der Waals surface area contributed by atoms with E-state index >= 15 is 0 Å². The van der Waals surface area contributed by atoms with Gasteiger partial charge in [0.1, 0.15) is 24.7 Å². The number of nitrogens with zero attached hydrogens (tertiary/aromatic N) is 3. The van der Waals surface area contributed by atoms with E-state index in [1.807, 2.05) is 6.07 Å². The highest BCUT2D eigenvalue weighted by molar-refractivity contribution is 6.01. The quantitative estimate of drug-likeness (QED) is 0.483. The first-order chi connectivity index (χ1) is 17.3. The van der Waals surface area contributed by atoms with Crippen LogP contribution in [0.3, 0.4) is 0 Å². The van der Waals surface area contributed by atoms with Crippen molar-refractivity contribution in [2.75, 3.05) is 6.54 Å². The van der Waals surface area contributed by atoms with Gasteiger partial charge in [-0.3, -0.25) is 14.4 Å². The van der Waals surface area contributed by atoms with Crippen LogP contribution in [0.2, 0.25) is 0 Å². The average molecular weight is 498 g/mol. The number of carboxylic acids is 1. The number of carbonyl (C=O) groups excluding carboxylic acids is 4. The third-order valence-electron chi connectivity index (χ3n) is 6.33. The number of imide groups is 1. The van der Waals surface area contributed by atoms with Crippen LogP contribution in [0, 0.1) is 0 Å². The number of carboxylic acid groups (broad SMARTS) is 1. The van der Waals surface area contributed by atoms with Crippen LogP contribution in [-0.4, -0.2) is 79.3 Å². The molecule has 190 valence electrons. The highest BCUT2D eigenvalue weighted by atomic mass is 16.6. The predicted octanol–water partition coefficient (Wildman–Crippen LogP) is 0.840. The molecule has 1 aromatic heterocycles. The molecule has 0 aliphatic carbocycles. The Kier molecular flexibility index (Phi) is 7.62. The van der Waals surface area contributed by atoms with Crippen LogP contribution in [0.5, 0.6) is 0 Å². The molecule has 2 aromatic rings. The minimum Gasteiger partial charge on any atom is -0.480 e. The summed E-state index contributed by atoms with van der Waals surface area (Å²) in [5.41, 5.74) is 1.28. The number of aromatic amines is 1. The molecule has 1 aromatic carbocycles. The van der Waals surface area contributed by atoms with Gasteiger partial charge in [0.05, 0.1) is 6.33 Å². The number of aliphatic carboxylic acids is 1. The lowest BCUT2D eigenvalue weighted by atomic mass is 10.1. The Labute approximate surface area is 206 Å². The summed E-state index contributed by atoms with van der Waals surface area (Å²) in [5, 5.41) is 12.1. The van der Waals surface area contributed by atoms with Crippen LogP contribution in [0.15, 0.2) is 42.9 Å². The number of hydrogen-bond acceptors (Lipinski definition) is 7. The van der Waals surface area contributed by atoms with Crippen molar-refractivity contribution in [3.63, 3.8) is 0 Å². The van der Waals surface area contributed by atoms with Crippen molar-refractivity contribution in [2.24, 2.45) is 0 Å². The lowest BCUT2D eigenvalue weighted by molar-refractivity contribution is -0.149. The molecule has 0 saturated carbocycles. The average Bonchev–Trinajstić information content (AvgIpc) is 3.63. The molecule has 3 N–H and O–H groups in total. The van der Waals surface area contributed by atoms with E-state index in [0.29, 0.717) is 18.5 Å². The zero-order valence-electron chi connectivity index (χ0n) is 19.5. The maximum absolute atomic E-state index is 13.3. The molecule has 12 heteroatoms. The molecular weight excluding hydrogens is 470 g/mol. The van der Waals surface area contributed by atoms with Crippen molar-refractivity contribution in [2.45, 2.75) is 56.8 Å². The number of imidazole rings is 1. The van der Waals surface area contributed by atoms with Gasteiger partial charge in [-0.05, 0) is 24.8 Å². The van der Waals surface area contributed by atoms with Crippen LogP contribution in [0.25, 0.3) is 0 Å². The van der Waals surface area contributed by atoms with Crippen molar-refractivity contribution in [3.05, 3.63) is 54.1 Å². The summed E-state index contributed by atoms with van der Waals surface area (Å²) in [6.07, 6.45) is 2.93. The summed E-state index contributed by atoms with van der Waals surface area (Å²) < 4.78 is 5.25. The zero-order valence-corrected chi connectivity index (χ0v) is 19.5. The Balaban J connectivity index is 1.47. The van der Waals surface area contributed by atoms with Crippen LogP contribution in [0.4, 0.5) is 4.79 Å². The highest BCUT2D eigenvalue weighted by Crippen LogP contribution is 2.23. The van der Waals surface area contributed by atoms with E-state index in [1.165, 1.54) is 17.4 Å². The van der Waals surface area contributed by atoms with E-state index in [9.17, 15) is 29.1 Å². The normalized spacial score (nSPS) is 20.3. The van der Waals surface area contributed by atoms with E-state index in [-0.39, 0.29) is 32.4 Å². The van der Waals surface area contributed by atoms with Crippen LogP contribution >= 0.6 is 0 Å². The smallest absolute Gasteiger partial charge is 0.417 e. The van der Waals surface area contributed by atoms with Gasteiger partial charge >= 0.3 is 12.1 Å². The van der Waals surface area contributed by atoms with E-state index in [2.05, 4.69) is 15.3 Å². The summed E-state index contributed by atoms with van der Waals surface area (Å²) in [6, 6.07) is 5.67. The number of amides is 4. The second-order valence-corrected chi connectivity index (χ2v) is 8.73. The predicted molar refractivity (Wildman–Crippen MR) is 123 cm³/mol. The number of hydrogen-bond donors (Lipinski definition) is 3. The second-order valence-electron chi connectivity index (χ2n) is 8.73. The van der Waals surface area contributed by atoms with Crippen LogP contribution in [0.1, 0.15) is 36.9 Å². The van der Waals surface area contributed by atoms with Gasteiger partial charge in [0.25, 0.3) is 0 Å². The van der Waals surface area contributed by atoms with Gasteiger partial charge in [0.2, 0.25) is 17.7 Å². The Hall–Kier alpha value is -4.22. The molecule has 12 nitrogen and oxygen atoms in total. The number of aromatic nitrogens is 2.